The lowest BCUT2D eigenvalue weighted by Crippen LogP contribution is -2.48. The summed E-state index contributed by atoms with van der Waals surface area (Å²) >= 11 is 0. The van der Waals surface area contributed by atoms with Crippen LogP contribution < -0.4 is 0 Å². The third kappa shape index (κ3) is 4.81. The molecule has 3 rings (SSSR count). The zero-order valence-corrected chi connectivity index (χ0v) is 15.5. The summed E-state index contributed by atoms with van der Waals surface area (Å²) in [6.07, 6.45) is 2.69. The van der Waals surface area contributed by atoms with Crippen LogP contribution in [0.25, 0.3) is 0 Å². The fraction of sp³-hybridized carbons (Fsp3) is 0.650. The van der Waals surface area contributed by atoms with Crippen LogP contribution >= 0.6 is 0 Å². The van der Waals surface area contributed by atoms with Crippen molar-refractivity contribution in [1.82, 2.24) is 14.7 Å². The molecule has 0 saturated carbocycles. The maximum atomic E-state index is 10.9. The Kier molecular flexibility index (Phi) is 6.10. The molecule has 0 amide bonds. The van der Waals surface area contributed by atoms with Gasteiger partial charge in [-0.3, -0.25) is 14.7 Å². The van der Waals surface area contributed by atoms with Crippen LogP contribution in [0, 0.1) is 0 Å². The minimum atomic E-state index is -0.859. The molecule has 2 saturated heterocycles. The monoisotopic (exact) mass is 345 g/mol. The summed E-state index contributed by atoms with van der Waals surface area (Å²) in [6, 6.07) is 8.76. The van der Waals surface area contributed by atoms with E-state index < -0.39 is 5.97 Å². The number of hydrogen-bond acceptors (Lipinski definition) is 4. The lowest BCUT2D eigenvalue weighted by molar-refractivity contribution is 0.0697. The molecule has 1 N–H and O–H groups in total. The molecule has 2 aliphatic heterocycles. The van der Waals surface area contributed by atoms with Crippen LogP contribution in [-0.4, -0.2) is 77.1 Å². The van der Waals surface area contributed by atoms with Crippen molar-refractivity contribution in [3.05, 3.63) is 35.4 Å². The highest BCUT2D eigenvalue weighted by Gasteiger charge is 2.27. The molecule has 0 aromatic heterocycles. The minimum Gasteiger partial charge on any atom is -0.478 e. The van der Waals surface area contributed by atoms with E-state index in [4.69, 9.17) is 5.11 Å². The third-order valence-corrected chi connectivity index (χ3v) is 5.88. The summed E-state index contributed by atoms with van der Waals surface area (Å²) < 4.78 is 0. The van der Waals surface area contributed by atoms with E-state index in [1.165, 1.54) is 31.5 Å². The van der Waals surface area contributed by atoms with E-state index in [2.05, 4.69) is 28.5 Å². The van der Waals surface area contributed by atoms with Crippen LogP contribution in [0.15, 0.2) is 24.3 Å². The molecule has 5 heteroatoms. The van der Waals surface area contributed by atoms with Crippen molar-refractivity contribution in [3.63, 3.8) is 0 Å². The van der Waals surface area contributed by atoms with Gasteiger partial charge in [-0.15, -0.1) is 0 Å². The smallest absolute Gasteiger partial charge is 0.335 e. The molecule has 0 radical (unpaired) electrons. The zero-order chi connectivity index (χ0) is 17.8. The van der Waals surface area contributed by atoms with Gasteiger partial charge in [0.05, 0.1) is 5.56 Å². The molecule has 1 aromatic rings. The van der Waals surface area contributed by atoms with E-state index in [0.29, 0.717) is 5.56 Å². The van der Waals surface area contributed by atoms with Crippen molar-refractivity contribution in [2.24, 2.45) is 0 Å². The van der Waals surface area contributed by atoms with E-state index in [9.17, 15) is 4.79 Å². The number of aromatic carboxylic acids is 1. The first-order chi connectivity index (χ1) is 12.0. The molecule has 2 unspecified atom stereocenters. The number of piperazine rings is 1. The van der Waals surface area contributed by atoms with Gasteiger partial charge in [0, 0.05) is 57.9 Å². The van der Waals surface area contributed by atoms with Gasteiger partial charge >= 0.3 is 5.97 Å². The normalized spacial score (nSPS) is 26.2. The Hall–Kier alpha value is -1.43. The fourth-order valence-electron chi connectivity index (χ4n) is 4.13. The van der Waals surface area contributed by atoms with Crippen LogP contribution in [0.5, 0.6) is 0 Å². The molecule has 5 nitrogen and oxygen atoms in total. The van der Waals surface area contributed by atoms with Gasteiger partial charge in [0.15, 0.2) is 0 Å². The fourth-order valence-corrected chi connectivity index (χ4v) is 4.13. The predicted octanol–water partition coefficient (Wildman–Crippen LogP) is 2.38. The Morgan fingerprint density at radius 1 is 0.960 bits per heavy atom. The second kappa shape index (κ2) is 8.30. The van der Waals surface area contributed by atoms with Crippen molar-refractivity contribution in [2.45, 2.75) is 45.3 Å². The van der Waals surface area contributed by atoms with Gasteiger partial charge in [0.2, 0.25) is 0 Å². The maximum Gasteiger partial charge on any atom is 0.335 e. The first-order valence-corrected chi connectivity index (χ1v) is 9.55. The van der Waals surface area contributed by atoms with Gasteiger partial charge in [-0.2, -0.15) is 0 Å². The summed E-state index contributed by atoms with van der Waals surface area (Å²) in [5, 5.41) is 8.97. The molecule has 2 fully saturated rings. The quantitative estimate of drug-likeness (QED) is 0.858. The molecule has 2 heterocycles. The van der Waals surface area contributed by atoms with Gasteiger partial charge in [0.1, 0.15) is 0 Å². The van der Waals surface area contributed by atoms with Crippen molar-refractivity contribution in [1.29, 1.82) is 0 Å². The standard InChI is InChI=1S/C20H31N3O2/c1-16-3-4-17(2)23(16)14-13-21-9-11-22(12-10-21)15-18-5-7-19(8-6-18)20(24)25/h5-8,16-17H,3-4,9-15H2,1-2H3,(H,24,25). The van der Waals surface area contributed by atoms with E-state index in [1.54, 1.807) is 12.1 Å². The highest BCUT2D eigenvalue weighted by molar-refractivity contribution is 5.87. The second-order valence-electron chi connectivity index (χ2n) is 7.63. The van der Waals surface area contributed by atoms with Gasteiger partial charge < -0.3 is 5.11 Å². The van der Waals surface area contributed by atoms with Crippen LogP contribution in [0.2, 0.25) is 0 Å². The number of rotatable bonds is 6. The number of likely N-dealkylation sites (tertiary alicyclic amines) is 1. The van der Waals surface area contributed by atoms with E-state index >= 15 is 0 Å². The van der Waals surface area contributed by atoms with Crippen molar-refractivity contribution in [3.8, 4) is 0 Å². The zero-order valence-electron chi connectivity index (χ0n) is 15.5. The van der Waals surface area contributed by atoms with E-state index in [-0.39, 0.29) is 0 Å². The van der Waals surface area contributed by atoms with Gasteiger partial charge in [-0.05, 0) is 44.4 Å². The number of hydrogen-bond donors (Lipinski definition) is 1. The van der Waals surface area contributed by atoms with E-state index in [0.717, 1.165) is 44.8 Å². The van der Waals surface area contributed by atoms with Crippen LogP contribution in [0.3, 0.4) is 0 Å². The number of carboxylic acid groups (broad SMARTS) is 1. The molecular weight excluding hydrogens is 314 g/mol. The highest BCUT2D eigenvalue weighted by Crippen LogP contribution is 2.23. The summed E-state index contributed by atoms with van der Waals surface area (Å²) in [5.74, 6) is -0.859. The lowest BCUT2D eigenvalue weighted by Gasteiger charge is -2.36. The van der Waals surface area contributed by atoms with Crippen LogP contribution in [0.1, 0.15) is 42.6 Å². The summed E-state index contributed by atoms with van der Waals surface area (Å²) in [4.78, 5) is 18.6. The summed E-state index contributed by atoms with van der Waals surface area (Å²) in [5.41, 5.74) is 1.55. The van der Waals surface area contributed by atoms with Crippen molar-refractivity contribution >= 4 is 5.97 Å². The molecule has 2 aliphatic rings. The third-order valence-electron chi connectivity index (χ3n) is 5.88. The highest BCUT2D eigenvalue weighted by atomic mass is 16.4. The second-order valence-corrected chi connectivity index (χ2v) is 7.63. The Balaban J connectivity index is 1.40. The first-order valence-electron chi connectivity index (χ1n) is 9.55. The Bertz CT molecular complexity index is 557. The molecule has 138 valence electrons. The molecular formula is C20H31N3O2. The number of benzene rings is 1. The van der Waals surface area contributed by atoms with Gasteiger partial charge in [-0.25, -0.2) is 4.79 Å². The van der Waals surface area contributed by atoms with Gasteiger partial charge in [-0.1, -0.05) is 12.1 Å². The van der Waals surface area contributed by atoms with Crippen LogP contribution in [0.4, 0.5) is 0 Å². The Morgan fingerprint density at radius 2 is 1.52 bits per heavy atom. The minimum absolute atomic E-state index is 0.360. The molecule has 25 heavy (non-hydrogen) atoms. The van der Waals surface area contributed by atoms with Crippen molar-refractivity contribution < 1.29 is 9.90 Å². The largest absolute Gasteiger partial charge is 0.478 e. The Morgan fingerprint density at radius 3 is 2.08 bits per heavy atom. The van der Waals surface area contributed by atoms with E-state index in [1.807, 2.05) is 12.1 Å². The molecule has 2 atom stereocenters. The maximum absolute atomic E-state index is 10.9. The van der Waals surface area contributed by atoms with Gasteiger partial charge in [0.25, 0.3) is 0 Å². The average Bonchev–Trinajstić information content (AvgIpc) is 2.93. The topological polar surface area (TPSA) is 47.0 Å². The average molecular weight is 345 g/mol. The van der Waals surface area contributed by atoms with Crippen molar-refractivity contribution in [2.75, 3.05) is 39.3 Å². The summed E-state index contributed by atoms with van der Waals surface area (Å²) in [6.45, 7) is 12.4. The number of carbonyl (C=O) groups is 1. The lowest BCUT2D eigenvalue weighted by atomic mass is 10.1. The van der Waals surface area contributed by atoms with Crippen LogP contribution in [-0.2, 0) is 6.54 Å². The Labute approximate surface area is 151 Å². The molecule has 1 aromatic carbocycles. The molecule has 0 aliphatic carbocycles. The predicted molar refractivity (Wildman–Crippen MR) is 100.0 cm³/mol. The molecule has 0 bridgehead atoms. The first kappa shape index (κ1) is 18.4. The molecule has 0 spiro atoms. The number of carboxylic acids is 1. The summed E-state index contributed by atoms with van der Waals surface area (Å²) in [7, 11) is 0. The SMILES string of the molecule is CC1CCC(C)N1CCN1CCN(Cc2ccc(C(=O)O)cc2)CC1. The number of nitrogens with zero attached hydrogens (tertiary/aromatic N) is 3.